The van der Waals surface area contributed by atoms with Crippen LogP contribution in [-0.4, -0.2) is 6.21 Å². The SMILES string of the molecule is CC1(C)C2c3ccccc3C=NC21c1ccccc1. The first-order valence-electron chi connectivity index (χ1n) is 6.87. The second-order valence-electron chi connectivity index (χ2n) is 6.17. The van der Waals surface area contributed by atoms with Gasteiger partial charge in [0.2, 0.25) is 0 Å². The first-order chi connectivity index (χ1) is 9.18. The average molecular weight is 247 g/mol. The van der Waals surface area contributed by atoms with Crippen LogP contribution in [0.15, 0.2) is 59.6 Å². The second kappa shape index (κ2) is 3.36. The van der Waals surface area contributed by atoms with Crippen LogP contribution in [-0.2, 0) is 5.54 Å². The molecule has 1 heterocycles. The number of nitrogens with zero attached hydrogens (tertiary/aromatic N) is 1. The number of aliphatic imine (C=N–C) groups is 1. The number of rotatable bonds is 1. The van der Waals surface area contributed by atoms with Gasteiger partial charge >= 0.3 is 0 Å². The van der Waals surface area contributed by atoms with Crippen LogP contribution in [0.4, 0.5) is 0 Å². The Balaban J connectivity index is 1.94. The van der Waals surface area contributed by atoms with Gasteiger partial charge in [0.1, 0.15) is 0 Å². The molecule has 1 aliphatic carbocycles. The molecule has 94 valence electrons. The molecule has 0 aromatic heterocycles. The van der Waals surface area contributed by atoms with E-state index in [0.29, 0.717) is 5.92 Å². The van der Waals surface area contributed by atoms with E-state index in [1.807, 2.05) is 0 Å². The molecular formula is C18H17N. The molecule has 0 spiro atoms. The molecular weight excluding hydrogens is 230 g/mol. The van der Waals surface area contributed by atoms with Crippen molar-refractivity contribution in [2.45, 2.75) is 25.3 Å². The lowest BCUT2D eigenvalue weighted by Gasteiger charge is -2.19. The van der Waals surface area contributed by atoms with E-state index < -0.39 is 0 Å². The van der Waals surface area contributed by atoms with Crippen molar-refractivity contribution in [3.8, 4) is 0 Å². The van der Waals surface area contributed by atoms with Crippen LogP contribution in [0.25, 0.3) is 0 Å². The van der Waals surface area contributed by atoms with Crippen LogP contribution in [0, 0.1) is 5.41 Å². The third-order valence-corrected chi connectivity index (χ3v) is 4.97. The number of benzene rings is 2. The zero-order chi connectivity index (χ0) is 13.1. The molecule has 1 saturated carbocycles. The maximum atomic E-state index is 4.97. The van der Waals surface area contributed by atoms with Gasteiger partial charge in [-0.15, -0.1) is 0 Å². The van der Waals surface area contributed by atoms with Crippen molar-refractivity contribution in [3.63, 3.8) is 0 Å². The Morgan fingerprint density at radius 2 is 1.58 bits per heavy atom. The Bertz CT molecular complexity index is 669. The van der Waals surface area contributed by atoms with E-state index in [0.717, 1.165) is 0 Å². The molecule has 2 aromatic carbocycles. The summed E-state index contributed by atoms with van der Waals surface area (Å²) in [6.45, 7) is 4.67. The zero-order valence-electron chi connectivity index (χ0n) is 11.3. The van der Waals surface area contributed by atoms with Crippen molar-refractivity contribution >= 4 is 6.21 Å². The third kappa shape index (κ3) is 1.18. The largest absolute Gasteiger partial charge is 0.280 e. The monoisotopic (exact) mass is 247 g/mol. The molecule has 1 heteroatoms. The molecule has 4 rings (SSSR count). The summed E-state index contributed by atoms with van der Waals surface area (Å²) < 4.78 is 0. The molecule has 2 atom stereocenters. The van der Waals surface area contributed by atoms with Gasteiger partial charge in [0.25, 0.3) is 0 Å². The summed E-state index contributed by atoms with van der Waals surface area (Å²) in [6, 6.07) is 19.4. The molecule has 19 heavy (non-hydrogen) atoms. The van der Waals surface area contributed by atoms with Gasteiger partial charge in [-0.1, -0.05) is 68.4 Å². The topological polar surface area (TPSA) is 12.4 Å². The van der Waals surface area contributed by atoms with Gasteiger partial charge < -0.3 is 0 Å². The fourth-order valence-electron chi connectivity index (χ4n) is 3.96. The van der Waals surface area contributed by atoms with E-state index in [4.69, 9.17) is 4.99 Å². The molecule has 0 N–H and O–H groups in total. The molecule has 1 fully saturated rings. The lowest BCUT2D eigenvalue weighted by molar-refractivity contribution is 0.513. The van der Waals surface area contributed by atoms with Gasteiger partial charge in [0, 0.05) is 17.5 Å². The van der Waals surface area contributed by atoms with E-state index in [1.165, 1.54) is 16.7 Å². The molecule has 1 aliphatic heterocycles. The average Bonchev–Trinajstić information content (AvgIpc) is 2.98. The number of hydrogen-bond acceptors (Lipinski definition) is 1. The van der Waals surface area contributed by atoms with Crippen LogP contribution >= 0.6 is 0 Å². The van der Waals surface area contributed by atoms with Crippen molar-refractivity contribution in [2.24, 2.45) is 10.4 Å². The summed E-state index contributed by atoms with van der Waals surface area (Å²) in [4.78, 5) is 4.97. The standard InChI is InChI=1S/C18H17N/c1-17(2)16-15-11-7-6-8-13(15)12-19-18(16,17)14-9-4-3-5-10-14/h3-12,16H,1-2H3. The van der Waals surface area contributed by atoms with Gasteiger partial charge in [-0.2, -0.15) is 0 Å². The number of fused-ring (bicyclic) bond motifs is 3. The highest BCUT2D eigenvalue weighted by molar-refractivity contribution is 5.86. The maximum Gasteiger partial charge on any atom is 0.0988 e. The number of hydrogen-bond donors (Lipinski definition) is 0. The summed E-state index contributed by atoms with van der Waals surface area (Å²) >= 11 is 0. The van der Waals surface area contributed by atoms with Crippen LogP contribution < -0.4 is 0 Å². The van der Waals surface area contributed by atoms with Crippen LogP contribution in [0.1, 0.15) is 36.5 Å². The molecule has 0 saturated heterocycles. The van der Waals surface area contributed by atoms with Crippen LogP contribution in [0.2, 0.25) is 0 Å². The molecule has 0 radical (unpaired) electrons. The lowest BCUT2D eigenvalue weighted by atomic mass is 9.93. The smallest absolute Gasteiger partial charge is 0.0988 e. The zero-order valence-corrected chi connectivity index (χ0v) is 11.3. The van der Waals surface area contributed by atoms with Gasteiger partial charge in [-0.25, -0.2) is 0 Å². The third-order valence-electron chi connectivity index (χ3n) is 4.97. The van der Waals surface area contributed by atoms with Gasteiger partial charge in [-0.05, 0) is 16.7 Å². The predicted molar refractivity (Wildman–Crippen MR) is 78.7 cm³/mol. The summed E-state index contributed by atoms with van der Waals surface area (Å²) in [5.74, 6) is 0.503. The van der Waals surface area contributed by atoms with Gasteiger partial charge in [0.15, 0.2) is 0 Å². The Kier molecular flexibility index (Phi) is 1.94. The Morgan fingerprint density at radius 3 is 2.37 bits per heavy atom. The quantitative estimate of drug-likeness (QED) is 0.718. The van der Waals surface area contributed by atoms with E-state index in [-0.39, 0.29) is 11.0 Å². The van der Waals surface area contributed by atoms with E-state index in [2.05, 4.69) is 74.7 Å². The molecule has 0 bridgehead atoms. The summed E-state index contributed by atoms with van der Waals surface area (Å²) in [6.07, 6.45) is 2.06. The highest BCUT2D eigenvalue weighted by atomic mass is 15.0. The predicted octanol–water partition coefficient (Wildman–Crippen LogP) is 4.14. The molecule has 2 aliphatic rings. The van der Waals surface area contributed by atoms with Crippen molar-refractivity contribution in [3.05, 3.63) is 71.3 Å². The minimum Gasteiger partial charge on any atom is -0.280 e. The van der Waals surface area contributed by atoms with Crippen molar-refractivity contribution in [1.82, 2.24) is 0 Å². The fraction of sp³-hybridized carbons (Fsp3) is 0.278. The summed E-state index contributed by atoms with van der Waals surface area (Å²) in [5.41, 5.74) is 4.21. The molecule has 1 nitrogen and oxygen atoms in total. The minimum absolute atomic E-state index is 0.0530. The normalized spacial score (nSPS) is 29.5. The second-order valence-corrected chi connectivity index (χ2v) is 6.17. The first-order valence-corrected chi connectivity index (χ1v) is 6.87. The highest BCUT2D eigenvalue weighted by Crippen LogP contribution is 2.76. The van der Waals surface area contributed by atoms with Crippen molar-refractivity contribution in [2.75, 3.05) is 0 Å². The molecule has 2 unspecified atom stereocenters. The van der Waals surface area contributed by atoms with Crippen molar-refractivity contribution in [1.29, 1.82) is 0 Å². The fourth-order valence-corrected chi connectivity index (χ4v) is 3.96. The van der Waals surface area contributed by atoms with E-state index in [9.17, 15) is 0 Å². The Hall–Kier alpha value is -1.89. The Morgan fingerprint density at radius 1 is 0.895 bits per heavy atom. The van der Waals surface area contributed by atoms with Crippen molar-refractivity contribution < 1.29 is 0 Å². The Labute approximate surface area is 114 Å². The van der Waals surface area contributed by atoms with E-state index >= 15 is 0 Å². The minimum atomic E-state index is -0.0530. The summed E-state index contributed by atoms with van der Waals surface area (Å²) in [5, 5.41) is 0. The van der Waals surface area contributed by atoms with Crippen LogP contribution in [0.5, 0.6) is 0 Å². The van der Waals surface area contributed by atoms with Gasteiger partial charge in [-0.3, -0.25) is 4.99 Å². The first kappa shape index (κ1) is 11.0. The summed E-state index contributed by atoms with van der Waals surface area (Å²) in [7, 11) is 0. The van der Waals surface area contributed by atoms with Gasteiger partial charge in [0.05, 0.1) is 5.54 Å². The molecule has 2 aromatic rings. The highest BCUT2D eigenvalue weighted by Gasteiger charge is 2.73. The van der Waals surface area contributed by atoms with Crippen LogP contribution in [0.3, 0.4) is 0 Å². The molecule has 0 amide bonds. The van der Waals surface area contributed by atoms with E-state index in [1.54, 1.807) is 0 Å². The maximum absolute atomic E-state index is 4.97. The lowest BCUT2D eigenvalue weighted by Crippen LogP contribution is -2.14.